The van der Waals surface area contributed by atoms with E-state index in [-0.39, 0.29) is 0 Å². The summed E-state index contributed by atoms with van der Waals surface area (Å²) < 4.78 is 0. The van der Waals surface area contributed by atoms with Crippen LogP contribution in [0.4, 0.5) is 0 Å². The maximum absolute atomic E-state index is 2.36. The molecule has 0 unspecified atom stereocenters. The fourth-order valence-electron chi connectivity index (χ4n) is 6.57. The highest BCUT2D eigenvalue weighted by Gasteiger charge is 2.30. The third-order valence-electron chi connectivity index (χ3n) is 7.68. The molecule has 0 heterocycles. The molecule has 0 N–H and O–H groups in total. The van der Waals surface area contributed by atoms with Crippen LogP contribution in [0.2, 0.25) is 0 Å². The van der Waals surface area contributed by atoms with Crippen molar-refractivity contribution < 1.29 is 0 Å². The first-order valence-electron chi connectivity index (χ1n) is 12.8. The molecular formula is C36H28. The fourth-order valence-corrected chi connectivity index (χ4v) is 6.57. The monoisotopic (exact) mass is 460 g/mol. The number of aryl methyl sites for hydroxylation is 4. The number of hydrogen-bond donors (Lipinski definition) is 0. The van der Waals surface area contributed by atoms with E-state index in [0.717, 1.165) is 0 Å². The van der Waals surface area contributed by atoms with Crippen LogP contribution in [0.3, 0.4) is 0 Å². The van der Waals surface area contributed by atoms with Gasteiger partial charge in [-0.1, -0.05) is 119 Å². The standard InChI is InChI=1S/C36H28/c1-21-15-22(2)18-26(17-21)33-28-11-5-6-12-29(28)34(27-19-23(3)16-24(4)20-27)36-31-14-8-10-25-9-7-13-30(32(25)31)35(33)36/h5-20H,1-4H3. The molecule has 6 aromatic rings. The van der Waals surface area contributed by atoms with E-state index in [2.05, 4.69) is 125 Å². The van der Waals surface area contributed by atoms with Crippen molar-refractivity contribution in [3.8, 4) is 44.5 Å². The van der Waals surface area contributed by atoms with E-state index < -0.39 is 0 Å². The highest BCUT2D eigenvalue weighted by Crippen LogP contribution is 2.57. The Balaban J connectivity index is 1.76. The lowest BCUT2D eigenvalue weighted by Crippen LogP contribution is -1.95. The van der Waals surface area contributed by atoms with E-state index in [4.69, 9.17) is 0 Å². The predicted molar refractivity (Wildman–Crippen MR) is 156 cm³/mol. The quantitative estimate of drug-likeness (QED) is 0.241. The minimum atomic E-state index is 1.30. The Labute approximate surface area is 212 Å². The van der Waals surface area contributed by atoms with E-state index in [1.165, 1.54) is 88.3 Å². The summed E-state index contributed by atoms with van der Waals surface area (Å²) >= 11 is 0. The lowest BCUT2D eigenvalue weighted by atomic mass is 9.81. The minimum Gasteiger partial charge on any atom is -0.0616 e. The SMILES string of the molecule is Cc1cc(C)cc(-c2c3c(c(-c4cc(C)cc(C)c4)c4ccccc24)-c2cccc4cccc-3c24)c1. The van der Waals surface area contributed by atoms with Crippen LogP contribution in [0.25, 0.3) is 66.1 Å². The van der Waals surface area contributed by atoms with E-state index in [0.29, 0.717) is 0 Å². The molecule has 0 spiro atoms. The molecule has 7 rings (SSSR count). The largest absolute Gasteiger partial charge is 0.0616 e. The van der Waals surface area contributed by atoms with Crippen molar-refractivity contribution in [2.45, 2.75) is 27.7 Å². The lowest BCUT2D eigenvalue weighted by Gasteiger charge is -2.21. The second kappa shape index (κ2) is 7.67. The van der Waals surface area contributed by atoms with Gasteiger partial charge in [-0.3, -0.25) is 0 Å². The van der Waals surface area contributed by atoms with Gasteiger partial charge in [0, 0.05) is 0 Å². The molecule has 1 aliphatic carbocycles. The van der Waals surface area contributed by atoms with Crippen molar-refractivity contribution in [2.24, 2.45) is 0 Å². The number of rotatable bonds is 2. The summed E-state index contributed by atoms with van der Waals surface area (Å²) in [4.78, 5) is 0. The summed E-state index contributed by atoms with van der Waals surface area (Å²) in [6, 6.07) is 36.6. The van der Waals surface area contributed by atoms with Crippen LogP contribution in [0, 0.1) is 27.7 Å². The Bertz CT molecular complexity index is 1690. The Morgan fingerprint density at radius 1 is 0.389 bits per heavy atom. The molecule has 172 valence electrons. The Morgan fingerprint density at radius 2 is 0.806 bits per heavy atom. The molecule has 0 saturated heterocycles. The average molecular weight is 461 g/mol. The highest BCUT2D eigenvalue weighted by atomic mass is 14.3. The van der Waals surface area contributed by atoms with Crippen LogP contribution in [0.5, 0.6) is 0 Å². The molecule has 0 radical (unpaired) electrons. The summed E-state index contributed by atoms with van der Waals surface area (Å²) in [5.41, 5.74) is 16.0. The van der Waals surface area contributed by atoms with E-state index in [1.807, 2.05) is 0 Å². The molecule has 0 aromatic heterocycles. The summed E-state index contributed by atoms with van der Waals surface area (Å²) in [6.45, 7) is 8.83. The zero-order valence-electron chi connectivity index (χ0n) is 21.2. The Hall–Kier alpha value is -4.16. The summed E-state index contributed by atoms with van der Waals surface area (Å²) in [5, 5.41) is 5.32. The Morgan fingerprint density at radius 3 is 1.22 bits per heavy atom. The topological polar surface area (TPSA) is 0 Å². The maximum Gasteiger partial charge on any atom is -0.000741 e. The maximum atomic E-state index is 2.36. The normalized spacial score (nSPS) is 11.9. The van der Waals surface area contributed by atoms with Crippen molar-refractivity contribution in [1.82, 2.24) is 0 Å². The van der Waals surface area contributed by atoms with Gasteiger partial charge in [-0.2, -0.15) is 0 Å². The third-order valence-corrected chi connectivity index (χ3v) is 7.68. The fraction of sp³-hybridized carbons (Fsp3) is 0.111. The van der Waals surface area contributed by atoms with Crippen LogP contribution >= 0.6 is 0 Å². The van der Waals surface area contributed by atoms with Gasteiger partial charge >= 0.3 is 0 Å². The number of fused-ring (bicyclic) bond motifs is 4. The number of benzene rings is 6. The van der Waals surface area contributed by atoms with E-state index in [9.17, 15) is 0 Å². The molecule has 1 aliphatic rings. The zero-order chi connectivity index (χ0) is 24.6. The lowest BCUT2D eigenvalue weighted by molar-refractivity contribution is 1.38. The predicted octanol–water partition coefficient (Wildman–Crippen LogP) is 10.2. The molecule has 6 aromatic carbocycles. The van der Waals surface area contributed by atoms with Gasteiger partial charge in [0.1, 0.15) is 0 Å². The molecule has 0 atom stereocenters. The van der Waals surface area contributed by atoms with Crippen LogP contribution in [0.1, 0.15) is 22.3 Å². The van der Waals surface area contributed by atoms with Crippen LogP contribution in [-0.2, 0) is 0 Å². The van der Waals surface area contributed by atoms with Gasteiger partial charge in [0.2, 0.25) is 0 Å². The molecular weight excluding hydrogens is 432 g/mol. The average Bonchev–Trinajstić information content (AvgIpc) is 3.17. The van der Waals surface area contributed by atoms with Crippen LogP contribution in [-0.4, -0.2) is 0 Å². The van der Waals surface area contributed by atoms with Gasteiger partial charge in [0.15, 0.2) is 0 Å². The first-order valence-corrected chi connectivity index (χ1v) is 12.8. The van der Waals surface area contributed by atoms with Crippen molar-refractivity contribution >= 4 is 21.5 Å². The van der Waals surface area contributed by atoms with Gasteiger partial charge < -0.3 is 0 Å². The first kappa shape index (κ1) is 21.1. The highest BCUT2D eigenvalue weighted by molar-refractivity contribution is 6.27. The van der Waals surface area contributed by atoms with Gasteiger partial charge in [0.25, 0.3) is 0 Å². The molecule has 0 bridgehead atoms. The molecule has 36 heavy (non-hydrogen) atoms. The molecule has 0 nitrogen and oxygen atoms in total. The summed E-state index contributed by atoms with van der Waals surface area (Å²) in [5.74, 6) is 0. The number of hydrogen-bond acceptors (Lipinski definition) is 0. The van der Waals surface area contributed by atoms with E-state index >= 15 is 0 Å². The first-order chi connectivity index (χ1) is 17.5. The van der Waals surface area contributed by atoms with Crippen LogP contribution in [0.15, 0.2) is 97.1 Å². The van der Waals surface area contributed by atoms with E-state index in [1.54, 1.807) is 0 Å². The van der Waals surface area contributed by atoms with Gasteiger partial charge in [-0.15, -0.1) is 0 Å². The summed E-state index contributed by atoms with van der Waals surface area (Å²) in [6.07, 6.45) is 0. The summed E-state index contributed by atoms with van der Waals surface area (Å²) in [7, 11) is 0. The second-order valence-electron chi connectivity index (χ2n) is 10.5. The molecule has 0 heteroatoms. The second-order valence-corrected chi connectivity index (χ2v) is 10.5. The smallest absolute Gasteiger partial charge is 0.000741 e. The molecule has 0 saturated carbocycles. The van der Waals surface area contributed by atoms with Crippen molar-refractivity contribution in [1.29, 1.82) is 0 Å². The zero-order valence-corrected chi connectivity index (χ0v) is 21.2. The Kier molecular flexibility index (Phi) is 4.51. The van der Waals surface area contributed by atoms with Crippen molar-refractivity contribution in [2.75, 3.05) is 0 Å². The molecule has 0 amide bonds. The minimum absolute atomic E-state index is 1.30. The molecule has 0 fully saturated rings. The van der Waals surface area contributed by atoms with Gasteiger partial charge in [-0.05, 0) is 93.7 Å². The van der Waals surface area contributed by atoms with Crippen molar-refractivity contribution in [3.05, 3.63) is 119 Å². The van der Waals surface area contributed by atoms with Gasteiger partial charge in [-0.25, -0.2) is 0 Å². The third kappa shape index (κ3) is 3.01. The van der Waals surface area contributed by atoms with Crippen LogP contribution < -0.4 is 0 Å². The van der Waals surface area contributed by atoms with Gasteiger partial charge in [0.05, 0.1) is 0 Å². The van der Waals surface area contributed by atoms with Crippen molar-refractivity contribution in [3.63, 3.8) is 0 Å². The molecule has 0 aliphatic heterocycles.